The second kappa shape index (κ2) is 14.4. The highest BCUT2D eigenvalue weighted by Crippen LogP contribution is 2.37. The van der Waals surface area contributed by atoms with Gasteiger partial charge >= 0.3 is 6.09 Å². The minimum atomic E-state index is -0.563. The number of nitrogens with one attached hydrogen (secondary N) is 1. The fraction of sp³-hybridized carbons (Fsp3) is 0.406. The lowest BCUT2D eigenvalue weighted by molar-refractivity contribution is -0.129. The zero-order valence-corrected chi connectivity index (χ0v) is 26.8. The minimum absolute atomic E-state index is 0.0236. The second-order valence-electron chi connectivity index (χ2n) is 11.4. The van der Waals surface area contributed by atoms with Gasteiger partial charge in [0.05, 0.1) is 31.6 Å². The molecule has 3 aliphatic rings. The lowest BCUT2D eigenvalue weighted by Gasteiger charge is -2.41. The lowest BCUT2D eigenvalue weighted by atomic mass is 9.93. The van der Waals surface area contributed by atoms with Crippen LogP contribution in [0.3, 0.4) is 0 Å². The van der Waals surface area contributed by atoms with Crippen LogP contribution in [0, 0.1) is 0 Å². The molecule has 45 heavy (non-hydrogen) atoms. The Morgan fingerprint density at radius 2 is 1.89 bits per heavy atom. The second-order valence-corrected chi connectivity index (χ2v) is 12.3. The molecule has 11 nitrogen and oxygen atoms in total. The average molecular weight is 657 g/mol. The minimum Gasteiger partial charge on any atom is -0.453 e. The molecule has 1 saturated heterocycles. The summed E-state index contributed by atoms with van der Waals surface area (Å²) < 4.78 is 4.93. The van der Waals surface area contributed by atoms with E-state index < -0.39 is 12.1 Å². The van der Waals surface area contributed by atoms with Gasteiger partial charge in [0.2, 0.25) is 11.8 Å². The molecule has 2 aromatic rings. The van der Waals surface area contributed by atoms with Crippen molar-refractivity contribution in [2.45, 2.75) is 44.2 Å². The van der Waals surface area contributed by atoms with Crippen LogP contribution in [0.15, 0.2) is 59.9 Å². The number of carbonyl (C=O) groups excluding carboxylic acids is 3. The number of nitrogens with two attached hydrogens (primary N) is 2. The number of hydrogen-bond acceptors (Lipinski definition) is 8. The Labute approximate surface area is 273 Å². The van der Waals surface area contributed by atoms with Crippen molar-refractivity contribution in [2.75, 3.05) is 49.7 Å². The predicted molar refractivity (Wildman–Crippen MR) is 176 cm³/mol. The molecule has 0 spiro atoms. The molecule has 1 fully saturated rings. The topological polar surface area (TPSA) is 137 Å². The van der Waals surface area contributed by atoms with Gasteiger partial charge in [0.1, 0.15) is 11.2 Å². The van der Waals surface area contributed by atoms with E-state index in [1.165, 1.54) is 18.3 Å². The first-order valence-corrected chi connectivity index (χ1v) is 15.9. The van der Waals surface area contributed by atoms with Crippen LogP contribution in [-0.2, 0) is 14.3 Å². The fourth-order valence-electron chi connectivity index (χ4n) is 6.36. The normalized spacial score (nSPS) is 21.5. The van der Waals surface area contributed by atoms with Crippen molar-refractivity contribution in [2.24, 2.45) is 11.6 Å². The fourth-order valence-corrected chi connectivity index (χ4v) is 6.64. The Balaban J connectivity index is 1.45. The number of amides is 3. The molecule has 0 aliphatic carbocycles. The number of anilines is 2. The molecule has 13 heteroatoms. The van der Waals surface area contributed by atoms with Crippen LogP contribution in [0.4, 0.5) is 16.2 Å². The summed E-state index contributed by atoms with van der Waals surface area (Å²) in [5.74, 6) is 6.00. The van der Waals surface area contributed by atoms with Crippen LogP contribution in [0.2, 0.25) is 5.02 Å². The summed E-state index contributed by atoms with van der Waals surface area (Å²) in [6.07, 6.45) is 6.60. The quantitative estimate of drug-likeness (QED) is 0.252. The summed E-state index contributed by atoms with van der Waals surface area (Å²) >= 11 is 12.2. The van der Waals surface area contributed by atoms with Gasteiger partial charge in [-0.25, -0.2) is 10.6 Å². The third-order valence-corrected chi connectivity index (χ3v) is 8.91. The van der Waals surface area contributed by atoms with Gasteiger partial charge in [-0.05, 0) is 60.7 Å². The van der Waals surface area contributed by atoms with Crippen LogP contribution in [-0.4, -0.2) is 73.6 Å². The van der Waals surface area contributed by atoms with E-state index >= 15 is 0 Å². The molecule has 2 aromatic carbocycles. The Bertz CT molecular complexity index is 1500. The maximum Gasteiger partial charge on any atom is 0.409 e. The van der Waals surface area contributed by atoms with Gasteiger partial charge in [-0.2, -0.15) is 0 Å². The Hall–Kier alpha value is -3.93. The van der Waals surface area contributed by atoms with Crippen LogP contribution in [0.5, 0.6) is 0 Å². The van der Waals surface area contributed by atoms with Gasteiger partial charge in [0.15, 0.2) is 0 Å². The van der Waals surface area contributed by atoms with E-state index in [1.54, 1.807) is 29.2 Å². The first-order chi connectivity index (χ1) is 21.7. The van der Waals surface area contributed by atoms with Crippen molar-refractivity contribution in [1.82, 2.24) is 15.1 Å². The van der Waals surface area contributed by atoms with Crippen molar-refractivity contribution in [3.63, 3.8) is 0 Å². The van der Waals surface area contributed by atoms with Crippen LogP contribution in [0.25, 0.3) is 5.57 Å². The SMILES string of the molecule is COC(=O)N1CCN2c3cccc(c3)C(N3CCC(c4cc(Cl)ccc4N(N)/C=C(\N)Cl)=CC3=O)CCCCCNC(=O)C2C1. The van der Waals surface area contributed by atoms with E-state index in [0.717, 1.165) is 48.1 Å². The monoisotopic (exact) mass is 655 g/mol. The number of halogens is 2. The van der Waals surface area contributed by atoms with Gasteiger partial charge < -0.3 is 30.5 Å². The van der Waals surface area contributed by atoms with Crippen LogP contribution in [0.1, 0.15) is 49.3 Å². The number of fused-ring (bicyclic) bond motifs is 4. The molecule has 5 N–H and O–H groups in total. The molecule has 3 aliphatic heterocycles. The maximum absolute atomic E-state index is 13.8. The Morgan fingerprint density at radius 1 is 1.07 bits per heavy atom. The van der Waals surface area contributed by atoms with Gasteiger partial charge in [-0.15, -0.1) is 0 Å². The molecule has 3 heterocycles. The average Bonchev–Trinajstić information content (AvgIpc) is 3.03. The molecule has 2 unspecified atom stereocenters. The van der Waals surface area contributed by atoms with Crippen LogP contribution >= 0.6 is 23.2 Å². The molecule has 0 radical (unpaired) electrons. The molecular weight excluding hydrogens is 617 g/mol. The molecule has 5 rings (SSSR count). The van der Waals surface area contributed by atoms with Gasteiger partial charge in [0.25, 0.3) is 0 Å². The number of methoxy groups -OCH3 is 1. The van der Waals surface area contributed by atoms with Crippen molar-refractivity contribution >= 4 is 58.1 Å². The number of carbonyl (C=O) groups is 3. The van der Waals surface area contributed by atoms with E-state index in [-0.39, 0.29) is 29.6 Å². The first-order valence-electron chi connectivity index (χ1n) is 15.1. The molecular formula is C32H39Cl2N7O4. The standard InChI is InChI=1S/C32H39Cl2N7O4/c1-45-32(44)38-14-15-39-24-7-5-6-22(16-24)26(8-3-2-4-12-37-31(43)28(39)19-38)40-13-11-21(17-30(40)42)25-18-23(33)9-10-27(25)41(36)20-29(34)35/h5-7,9-10,16-18,20,26,28H,2-4,8,11-15,19,35-36H2,1H3,(H,37,43)/b29-20-. The Morgan fingerprint density at radius 3 is 2.64 bits per heavy atom. The van der Waals surface area contributed by atoms with Crippen molar-refractivity contribution in [3.8, 4) is 0 Å². The predicted octanol–water partition coefficient (Wildman–Crippen LogP) is 4.32. The van der Waals surface area contributed by atoms with Crippen molar-refractivity contribution < 1.29 is 19.1 Å². The molecule has 240 valence electrons. The number of rotatable bonds is 4. The highest BCUT2D eigenvalue weighted by Gasteiger charge is 2.36. The summed E-state index contributed by atoms with van der Waals surface area (Å²) in [7, 11) is 1.35. The Kier molecular flexibility index (Phi) is 10.4. The summed E-state index contributed by atoms with van der Waals surface area (Å²) in [6.45, 7) is 2.18. The third kappa shape index (κ3) is 7.49. The number of piperazine rings is 1. The zero-order valence-electron chi connectivity index (χ0n) is 25.3. The van der Waals surface area contributed by atoms with E-state index in [9.17, 15) is 14.4 Å². The zero-order chi connectivity index (χ0) is 32.1. The van der Waals surface area contributed by atoms with Gasteiger partial charge in [-0.1, -0.05) is 48.2 Å². The largest absolute Gasteiger partial charge is 0.453 e. The molecule has 0 saturated carbocycles. The van der Waals surface area contributed by atoms with E-state index in [4.69, 9.17) is 39.5 Å². The highest BCUT2D eigenvalue weighted by molar-refractivity contribution is 6.31. The summed E-state index contributed by atoms with van der Waals surface area (Å²) in [4.78, 5) is 45.0. The lowest BCUT2D eigenvalue weighted by Crippen LogP contribution is -2.60. The number of hydrogen-bond donors (Lipinski definition) is 3. The van der Waals surface area contributed by atoms with Crippen molar-refractivity contribution in [3.05, 3.63) is 76.0 Å². The summed E-state index contributed by atoms with van der Waals surface area (Å²) in [6, 6.07) is 12.6. The van der Waals surface area contributed by atoms with E-state index in [2.05, 4.69) is 11.4 Å². The van der Waals surface area contributed by atoms with E-state index in [0.29, 0.717) is 43.3 Å². The van der Waals surface area contributed by atoms with E-state index in [1.807, 2.05) is 28.0 Å². The number of hydrazine groups is 1. The number of benzene rings is 2. The van der Waals surface area contributed by atoms with Crippen LogP contribution < -0.4 is 26.8 Å². The van der Waals surface area contributed by atoms with Crippen molar-refractivity contribution in [1.29, 1.82) is 0 Å². The molecule has 3 amide bonds. The molecule has 2 bridgehead atoms. The maximum atomic E-state index is 13.8. The summed E-state index contributed by atoms with van der Waals surface area (Å²) in [5.41, 5.74) is 9.69. The number of ether oxygens (including phenoxy) is 1. The molecule has 0 aromatic heterocycles. The van der Waals surface area contributed by atoms with Gasteiger partial charge in [0, 0.05) is 48.5 Å². The third-order valence-electron chi connectivity index (χ3n) is 8.58. The smallest absolute Gasteiger partial charge is 0.409 e. The number of nitrogens with zero attached hydrogens (tertiary/aromatic N) is 4. The first kappa shape index (κ1) is 32.5. The summed E-state index contributed by atoms with van der Waals surface area (Å²) in [5, 5.41) is 4.93. The molecule has 2 atom stereocenters. The highest BCUT2D eigenvalue weighted by atomic mass is 35.5. The van der Waals surface area contributed by atoms with Gasteiger partial charge in [-0.3, -0.25) is 14.6 Å².